The Morgan fingerprint density at radius 3 is 2.35 bits per heavy atom. The average Bonchev–Trinajstić information content (AvgIpc) is 2.29. The van der Waals surface area contributed by atoms with E-state index in [2.05, 4.69) is 15.9 Å². The number of carbonyl (C=O) groups excluding carboxylic acids is 2. The summed E-state index contributed by atoms with van der Waals surface area (Å²) < 4.78 is 15.6. The van der Waals surface area contributed by atoms with Crippen molar-refractivity contribution in [2.45, 2.75) is 6.92 Å². The van der Waals surface area contributed by atoms with Crippen molar-refractivity contribution < 1.29 is 23.8 Å². The van der Waals surface area contributed by atoms with E-state index in [-0.39, 0.29) is 17.2 Å². The van der Waals surface area contributed by atoms with Gasteiger partial charge in [-0.05, 0) is 22.0 Å². The fourth-order valence-corrected chi connectivity index (χ4v) is 1.82. The van der Waals surface area contributed by atoms with Crippen LogP contribution in [-0.4, -0.2) is 26.5 Å². The summed E-state index contributed by atoms with van der Waals surface area (Å²) in [5.41, 5.74) is 0.342. The monoisotopic (exact) mass is 302 g/mol. The molecule has 0 amide bonds. The normalized spacial score (nSPS) is 9.65. The fraction of sp³-hybridized carbons (Fsp3) is 0.273. The van der Waals surface area contributed by atoms with Crippen LogP contribution in [-0.2, 0) is 4.79 Å². The van der Waals surface area contributed by atoms with E-state index in [1.807, 2.05) is 0 Å². The Morgan fingerprint density at radius 1 is 1.29 bits per heavy atom. The van der Waals surface area contributed by atoms with E-state index < -0.39 is 5.97 Å². The van der Waals surface area contributed by atoms with E-state index in [1.54, 1.807) is 0 Å². The molecule has 0 unspecified atom stereocenters. The minimum atomic E-state index is -0.507. The van der Waals surface area contributed by atoms with Gasteiger partial charge < -0.3 is 14.2 Å². The van der Waals surface area contributed by atoms with Gasteiger partial charge in [-0.3, -0.25) is 9.59 Å². The van der Waals surface area contributed by atoms with Crippen molar-refractivity contribution in [2.75, 3.05) is 14.2 Å². The van der Waals surface area contributed by atoms with Gasteiger partial charge in [0.2, 0.25) is 5.75 Å². The van der Waals surface area contributed by atoms with Crippen LogP contribution in [0.15, 0.2) is 10.5 Å². The van der Waals surface area contributed by atoms with Crippen molar-refractivity contribution in [3.8, 4) is 17.2 Å². The molecule has 92 valence electrons. The molecule has 6 heteroatoms. The standard InChI is InChI=1S/C11H11BrO5/c1-6(14)17-10-8(15-2)4-7(5-13)9(12)11(10)16-3/h4-5H,1-3H3. The lowest BCUT2D eigenvalue weighted by molar-refractivity contribution is -0.132. The third-order valence-corrected chi connectivity index (χ3v) is 2.78. The van der Waals surface area contributed by atoms with E-state index in [0.29, 0.717) is 16.3 Å². The molecule has 0 fully saturated rings. The summed E-state index contributed by atoms with van der Waals surface area (Å²) in [6.45, 7) is 1.26. The number of ether oxygens (including phenoxy) is 3. The number of halogens is 1. The summed E-state index contributed by atoms with van der Waals surface area (Å²) in [5, 5.41) is 0. The number of hydrogen-bond donors (Lipinski definition) is 0. The molecule has 1 aromatic rings. The molecule has 0 aliphatic rings. The molecule has 17 heavy (non-hydrogen) atoms. The zero-order valence-electron chi connectivity index (χ0n) is 9.57. The molecular weight excluding hydrogens is 292 g/mol. The van der Waals surface area contributed by atoms with Gasteiger partial charge in [0.05, 0.1) is 18.7 Å². The van der Waals surface area contributed by atoms with Gasteiger partial charge in [-0.1, -0.05) is 0 Å². The molecule has 0 saturated carbocycles. The Morgan fingerprint density at radius 2 is 1.94 bits per heavy atom. The van der Waals surface area contributed by atoms with Crippen molar-refractivity contribution in [3.63, 3.8) is 0 Å². The maximum Gasteiger partial charge on any atom is 0.308 e. The summed E-state index contributed by atoms with van der Waals surface area (Å²) in [4.78, 5) is 21.8. The number of esters is 1. The van der Waals surface area contributed by atoms with Gasteiger partial charge in [0.25, 0.3) is 0 Å². The zero-order chi connectivity index (χ0) is 13.0. The highest BCUT2D eigenvalue weighted by Crippen LogP contribution is 2.44. The Bertz CT molecular complexity index is 456. The minimum Gasteiger partial charge on any atom is -0.493 e. The Hall–Kier alpha value is -1.56. The molecule has 1 aromatic carbocycles. The van der Waals surface area contributed by atoms with Gasteiger partial charge in [0, 0.05) is 12.5 Å². The number of aldehydes is 1. The van der Waals surface area contributed by atoms with Gasteiger partial charge in [0.15, 0.2) is 17.8 Å². The van der Waals surface area contributed by atoms with Crippen LogP contribution in [0.1, 0.15) is 17.3 Å². The van der Waals surface area contributed by atoms with E-state index in [9.17, 15) is 9.59 Å². The Kier molecular flexibility index (Phi) is 4.51. The lowest BCUT2D eigenvalue weighted by Crippen LogP contribution is -2.06. The zero-order valence-corrected chi connectivity index (χ0v) is 11.2. The number of benzene rings is 1. The van der Waals surface area contributed by atoms with Crippen molar-refractivity contribution in [1.29, 1.82) is 0 Å². The van der Waals surface area contributed by atoms with Crippen LogP contribution < -0.4 is 14.2 Å². The molecule has 0 bridgehead atoms. The first kappa shape index (κ1) is 13.5. The fourth-order valence-electron chi connectivity index (χ4n) is 1.27. The molecule has 0 heterocycles. The average molecular weight is 303 g/mol. The maximum atomic E-state index is 11.0. The summed E-state index contributed by atoms with van der Waals surface area (Å²) in [6.07, 6.45) is 0.646. The van der Waals surface area contributed by atoms with Gasteiger partial charge in [-0.2, -0.15) is 0 Å². The smallest absolute Gasteiger partial charge is 0.308 e. The maximum absolute atomic E-state index is 11.0. The molecule has 0 atom stereocenters. The Balaban J connectivity index is 3.48. The number of methoxy groups -OCH3 is 2. The van der Waals surface area contributed by atoms with Crippen LogP contribution in [0.4, 0.5) is 0 Å². The van der Waals surface area contributed by atoms with Crippen LogP contribution in [0.2, 0.25) is 0 Å². The largest absolute Gasteiger partial charge is 0.493 e. The molecule has 0 spiro atoms. The van der Waals surface area contributed by atoms with Crippen LogP contribution in [0, 0.1) is 0 Å². The second-order valence-electron chi connectivity index (χ2n) is 3.06. The molecule has 0 saturated heterocycles. The van der Waals surface area contributed by atoms with E-state index in [1.165, 1.54) is 27.2 Å². The number of carbonyl (C=O) groups is 2. The van der Waals surface area contributed by atoms with E-state index in [4.69, 9.17) is 14.2 Å². The predicted molar refractivity (Wildman–Crippen MR) is 63.9 cm³/mol. The van der Waals surface area contributed by atoms with E-state index >= 15 is 0 Å². The summed E-state index contributed by atoms with van der Waals surface area (Å²) in [7, 11) is 2.81. The first-order valence-corrected chi connectivity index (χ1v) is 5.42. The molecular formula is C11H11BrO5. The van der Waals surface area contributed by atoms with Crippen LogP contribution in [0.3, 0.4) is 0 Å². The van der Waals surface area contributed by atoms with E-state index in [0.717, 1.165) is 0 Å². The number of hydrogen-bond acceptors (Lipinski definition) is 5. The predicted octanol–water partition coefficient (Wildman–Crippen LogP) is 2.20. The van der Waals surface area contributed by atoms with Crippen molar-refractivity contribution in [2.24, 2.45) is 0 Å². The molecule has 0 aliphatic heterocycles. The van der Waals surface area contributed by atoms with Crippen LogP contribution >= 0.6 is 15.9 Å². The second kappa shape index (κ2) is 5.67. The highest BCUT2D eigenvalue weighted by atomic mass is 79.9. The summed E-state index contributed by atoms with van der Waals surface area (Å²) in [5.74, 6) is 0.122. The topological polar surface area (TPSA) is 61.8 Å². The third kappa shape index (κ3) is 2.76. The number of rotatable bonds is 4. The molecule has 0 aromatic heterocycles. The molecule has 5 nitrogen and oxygen atoms in total. The molecule has 0 N–H and O–H groups in total. The first-order chi connectivity index (χ1) is 8.04. The van der Waals surface area contributed by atoms with Gasteiger partial charge in [0.1, 0.15) is 0 Å². The highest BCUT2D eigenvalue weighted by Gasteiger charge is 2.20. The third-order valence-electron chi connectivity index (χ3n) is 1.97. The highest BCUT2D eigenvalue weighted by molar-refractivity contribution is 9.10. The summed E-state index contributed by atoms with van der Waals surface area (Å²) in [6, 6.07) is 1.46. The van der Waals surface area contributed by atoms with Gasteiger partial charge >= 0.3 is 5.97 Å². The molecule has 1 rings (SSSR count). The lowest BCUT2D eigenvalue weighted by atomic mass is 10.2. The first-order valence-electron chi connectivity index (χ1n) is 4.63. The van der Waals surface area contributed by atoms with Crippen LogP contribution in [0.5, 0.6) is 17.2 Å². The van der Waals surface area contributed by atoms with Gasteiger partial charge in [-0.25, -0.2) is 0 Å². The van der Waals surface area contributed by atoms with Crippen molar-refractivity contribution in [3.05, 3.63) is 16.1 Å². The second-order valence-corrected chi connectivity index (χ2v) is 3.85. The SMILES string of the molecule is COc1cc(C=O)c(Br)c(OC)c1OC(C)=O. The van der Waals surface area contributed by atoms with Crippen molar-refractivity contribution in [1.82, 2.24) is 0 Å². The molecule has 0 aliphatic carbocycles. The van der Waals surface area contributed by atoms with Crippen LogP contribution in [0.25, 0.3) is 0 Å². The lowest BCUT2D eigenvalue weighted by Gasteiger charge is -2.14. The summed E-state index contributed by atoms with van der Waals surface area (Å²) >= 11 is 3.20. The van der Waals surface area contributed by atoms with Crippen molar-refractivity contribution >= 4 is 28.2 Å². The quantitative estimate of drug-likeness (QED) is 0.485. The minimum absolute atomic E-state index is 0.139. The molecule has 0 radical (unpaired) electrons. The van der Waals surface area contributed by atoms with Gasteiger partial charge in [-0.15, -0.1) is 0 Å². The Labute approximate surface area is 107 Å².